The average Bonchev–Trinajstić information content (AvgIpc) is 2.57. The molecule has 0 fully saturated rings. The molecule has 0 heterocycles. The first kappa shape index (κ1) is 24.3. The van der Waals surface area contributed by atoms with Crippen molar-refractivity contribution in [3.05, 3.63) is 34.9 Å². The Labute approximate surface area is 176 Å². The molecule has 0 saturated carbocycles. The summed E-state index contributed by atoms with van der Waals surface area (Å²) in [7, 11) is 0. The van der Waals surface area contributed by atoms with Crippen molar-refractivity contribution in [3.8, 4) is 0 Å². The number of hydrogen-bond acceptors (Lipinski definition) is 5. The maximum atomic E-state index is 12.7. The normalized spacial score (nSPS) is 12.2. The van der Waals surface area contributed by atoms with Crippen molar-refractivity contribution in [2.75, 3.05) is 18.8 Å². The second-order valence-corrected chi connectivity index (χ2v) is 9.12. The first-order valence-electron chi connectivity index (χ1n) is 9.14. The number of amides is 2. The van der Waals surface area contributed by atoms with Gasteiger partial charge in [-0.3, -0.25) is 4.79 Å². The Morgan fingerprint density at radius 2 is 1.79 bits per heavy atom. The van der Waals surface area contributed by atoms with Crippen LogP contribution in [0.5, 0.6) is 0 Å². The summed E-state index contributed by atoms with van der Waals surface area (Å²) in [6.45, 7) is 9.25. The number of benzene rings is 1. The highest BCUT2D eigenvalue weighted by atomic mass is 35.5. The largest absolute Gasteiger partial charge is 0.458 e. The van der Waals surface area contributed by atoms with E-state index in [1.165, 1.54) is 6.92 Å². The van der Waals surface area contributed by atoms with Crippen LogP contribution in [-0.4, -0.2) is 52.5 Å². The van der Waals surface area contributed by atoms with E-state index < -0.39 is 17.6 Å². The molecule has 1 aromatic carbocycles. The average molecular weight is 429 g/mol. The lowest BCUT2D eigenvalue weighted by atomic mass is 10.1. The number of thioether (sulfide) groups is 1. The number of carbonyl (C=O) groups excluding carboxylic acids is 3. The first-order chi connectivity index (χ1) is 13.0. The second kappa shape index (κ2) is 11.3. The SMILES string of the molecule is CC(=O)SCCN(CCc1ccc(Cl)cc1)C(=O)N[C@@H](C)C(=O)OC(C)(C)C. The predicted octanol–water partition coefficient (Wildman–Crippen LogP) is 3.90. The van der Waals surface area contributed by atoms with Crippen molar-refractivity contribution in [2.45, 2.75) is 52.7 Å². The van der Waals surface area contributed by atoms with Gasteiger partial charge in [0.2, 0.25) is 0 Å². The molecule has 0 aliphatic rings. The van der Waals surface area contributed by atoms with Crippen LogP contribution < -0.4 is 5.32 Å². The smallest absolute Gasteiger partial charge is 0.328 e. The fourth-order valence-electron chi connectivity index (χ4n) is 2.26. The van der Waals surface area contributed by atoms with E-state index in [9.17, 15) is 14.4 Å². The van der Waals surface area contributed by atoms with Gasteiger partial charge in [-0.15, -0.1) is 0 Å². The van der Waals surface area contributed by atoms with Crippen molar-refractivity contribution in [1.82, 2.24) is 10.2 Å². The fourth-order valence-corrected chi connectivity index (χ4v) is 2.98. The van der Waals surface area contributed by atoms with E-state index in [2.05, 4.69) is 5.32 Å². The standard InChI is InChI=1S/C20H29ClN2O4S/c1-14(18(25)27-20(3,4)5)22-19(26)23(12-13-28-15(2)24)11-10-16-6-8-17(21)9-7-16/h6-9,14H,10-13H2,1-5H3,(H,22,26)/t14-/m0/s1. The monoisotopic (exact) mass is 428 g/mol. The minimum Gasteiger partial charge on any atom is -0.458 e. The van der Waals surface area contributed by atoms with E-state index >= 15 is 0 Å². The zero-order chi connectivity index (χ0) is 21.3. The predicted molar refractivity (Wildman–Crippen MR) is 114 cm³/mol. The number of halogens is 1. The highest BCUT2D eigenvalue weighted by Crippen LogP contribution is 2.12. The number of ether oxygens (including phenoxy) is 1. The zero-order valence-electron chi connectivity index (χ0n) is 17.1. The van der Waals surface area contributed by atoms with E-state index in [1.54, 1.807) is 44.7 Å². The van der Waals surface area contributed by atoms with Crippen molar-refractivity contribution < 1.29 is 19.1 Å². The molecule has 2 amide bonds. The Morgan fingerprint density at radius 3 is 2.32 bits per heavy atom. The van der Waals surface area contributed by atoms with Crippen LogP contribution >= 0.6 is 23.4 Å². The van der Waals surface area contributed by atoms with Gasteiger partial charge in [-0.25, -0.2) is 9.59 Å². The third kappa shape index (κ3) is 9.99. The fraction of sp³-hybridized carbons (Fsp3) is 0.550. The highest BCUT2D eigenvalue weighted by molar-refractivity contribution is 8.13. The Bertz CT molecular complexity index is 674. The van der Waals surface area contributed by atoms with Crippen LogP contribution in [0.4, 0.5) is 4.79 Å². The van der Waals surface area contributed by atoms with Crippen LogP contribution in [0.2, 0.25) is 5.02 Å². The van der Waals surface area contributed by atoms with E-state index in [4.69, 9.17) is 16.3 Å². The van der Waals surface area contributed by atoms with Crippen molar-refractivity contribution in [3.63, 3.8) is 0 Å². The highest BCUT2D eigenvalue weighted by Gasteiger charge is 2.24. The van der Waals surface area contributed by atoms with Crippen LogP contribution in [0.1, 0.15) is 40.2 Å². The molecule has 0 bridgehead atoms. The summed E-state index contributed by atoms with van der Waals surface area (Å²) in [5.74, 6) is 0.00102. The lowest BCUT2D eigenvalue weighted by molar-refractivity contribution is -0.156. The Hall–Kier alpha value is -1.73. The molecule has 1 aromatic rings. The van der Waals surface area contributed by atoms with E-state index in [1.807, 2.05) is 12.1 Å². The van der Waals surface area contributed by atoms with Gasteiger partial charge in [0.05, 0.1) is 0 Å². The summed E-state index contributed by atoms with van der Waals surface area (Å²) >= 11 is 7.07. The van der Waals surface area contributed by atoms with Gasteiger partial charge in [0.25, 0.3) is 0 Å². The topological polar surface area (TPSA) is 75.7 Å². The third-order valence-corrected chi connectivity index (χ3v) is 4.68. The van der Waals surface area contributed by atoms with Gasteiger partial charge in [-0.2, -0.15) is 0 Å². The molecule has 1 rings (SSSR count). The van der Waals surface area contributed by atoms with E-state index in [0.717, 1.165) is 17.3 Å². The molecule has 1 N–H and O–H groups in total. The summed E-state index contributed by atoms with van der Waals surface area (Å²) in [4.78, 5) is 37.6. The molecule has 0 radical (unpaired) electrons. The van der Waals surface area contributed by atoms with Gasteiger partial charge in [0.15, 0.2) is 5.12 Å². The van der Waals surface area contributed by atoms with Crippen molar-refractivity contribution >= 4 is 40.5 Å². The molecular weight excluding hydrogens is 400 g/mol. The molecule has 0 aliphatic carbocycles. The maximum absolute atomic E-state index is 12.7. The molecule has 28 heavy (non-hydrogen) atoms. The van der Waals surface area contributed by atoms with Crippen LogP contribution in [0.25, 0.3) is 0 Å². The third-order valence-electron chi connectivity index (χ3n) is 3.64. The molecule has 0 aromatic heterocycles. The number of urea groups is 1. The minimum atomic E-state index is -0.773. The van der Waals surface area contributed by atoms with Crippen LogP contribution in [0.3, 0.4) is 0 Å². The van der Waals surface area contributed by atoms with Gasteiger partial charge in [-0.05, 0) is 51.8 Å². The van der Waals surface area contributed by atoms with E-state index in [-0.39, 0.29) is 11.1 Å². The Balaban J connectivity index is 2.70. The summed E-state index contributed by atoms with van der Waals surface area (Å²) < 4.78 is 5.30. The summed E-state index contributed by atoms with van der Waals surface area (Å²) in [5.41, 5.74) is 0.421. The number of esters is 1. The number of rotatable bonds is 8. The lowest BCUT2D eigenvalue weighted by Gasteiger charge is -2.26. The first-order valence-corrected chi connectivity index (χ1v) is 10.5. The van der Waals surface area contributed by atoms with Gasteiger partial charge in [0, 0.05) is 30.8 Å². The quantitative estimate of drug-likeness (QED) is 0.635. The molecular formula is C20H29ClN2O4S. The molecule has 0 spiro atoms. The molecule has 8 heteroatoms. The number of carbonyl (C=O) groups is 3. The summed E-state index contributed by atoms with van der Waals surface area (Å²) in [6.07, 6.45) is 0.635. The molecule has 156 valence electrons. The van der Waals surface area contributed by atoms with Gasteiger partial charge >= 0.3 is 12.0 Å². The van der Waals surface area contributed by atoms with E-state index in [0.29, 0.717) is 30.3 Å². The number of nitrogens with zero attached hydrogens (tertiary/aromatic N) is 1. The summed E-state index contributed by atoms with van der Waals surface area (Å²) in [6, 6.07) is 6.29. The van der Waals surface area contributed by atoms with Crippen LogP contribution in [0.15, 0.2) is 24.3 Å². The molecule has 6 nitrogen and oxygen atoms in total. The van der Waals surface area contributed by atoms with Crippen LogP contribution in [-0.2, 0) is 20.7 Å². The van der Waals surface area contributed by atoms with Crippen molar-refractivity contribution in [2.24, 2.45) is 0 Å². The Kier molecular flexibility index (Phi) is 9.82. The summed E-state index contributed by atoms with van der Waals surface area (Å²) in [5, 5.41) is 3.34. The van der Waals surface area contributed by atoms with Crippen LogP contribution in [0, 0.1) is 0 Å². The zero-order valence-corrected chi connectivity index (χ0v) is 18.7. The molecule has 0 aliphatic heterocycles. The van der Waals surface area contributed by atoms with Gasteiger partial charge in [0.1, 0.15) is 11.6 Å². The Morgan fingerprint density at radius 1 is 1.18 bits per heavy atom. The molecule has 0 saturated heterocycles. The second-order valence-electron chi connectivity index (χ2n) is 7.41. The number of nitrogens with one attached hydrogen (secondary N) is 1. The number of hydrogen-bond donors (Lipinski definition) is 1. The van der Waals surface area contributed by atoms with Crippen molar-refractivity contribution in [1.29, 1.82) is 0 Å². The van der Waals surface area contributed by atoms with Gasteiger partial charge in [-0.1, -0.05) is 35.5 Å². The van der Waals surface area contributed by atoms with Gasteiger partial charge < -0.3 is 15.0 Å². The lowest BCUT2D eigenvalue weighted by Crippen LogP contribution is -2.49. The molecule has 1 atom stereocenters. The molecule has 0 unspecified atom stereocenters. The maximum Gasteiger partial charge on any atom is 0.328 e. The minimum absolute atomic E-state index is 0.000169.